The maximum absolute atomic E-state index is 11.3. The van der Waals surface area contributed by atoms with E-state index >= 15 is 0 Å². The summed E-state index contributed by atoms with van der Waals surface area (Å²) in [6, 6.07) is 0. The van der Waals surface area contributed by atoms with Gasteiger partial charge >= 0.3 is 0 Å². The number of hydrogen-bond acceptors (Lipinski definition) is 1. The van der Waals surface area contributed by atoms with Crippen LogP contribution in [0.4, 0.5) is 0 Å². The molecule has 0 bridgehead atoms. The first-order valence-electron chi connectivity index (χ1n) is 10.4. The van der Waals surface area contributed by atoms with Crippen LogP contribution in [0.3, 0.4) is 0 Å². The number of amides is 1. The highest BCUT2D eigenvalue weighted by atomic mass is 16.1. The molecule has 0 radical (unpaired) electrons. The Hall–Kier alpha value is -0.790. The van der Waals surface area contributed by atoms with E-state index in [1.54, 1.807) is 6.92 Å². The second-order valence-corrected chi connectivity index (χ2v) is 9.98. The third kappa shape index (κ3) is 2.56. The van der Waals surface area contributed by atoms with E-state index in [0.29, 0.717) is 10.8 Å². The van der Waals surface area contributed by atoms with Crippen molar-refractivity contribution >= 4 is 5.91 Å². The van der Waals surface area contributed by atoms with Crippen LogP contribution in [0.15, 0.2) is 11.8 Å². The summed E-state index contributed by atoms with van der Waals surface area (Å²) in [4.78, 5) is 11.3. The minimum Gasteiger partial charge on any atom is -0.333 e. The van der Waals surface area contributed by atoms with Gasteiger partial charge in [0.05, 0.1) is 0 Å². The van der Waals surface area contributed by atoms with Gasteiger partial charge < -0.3 is 5.32 Å². The fourth-order valence-corrected chi connectivity index (χ4v) is 7.49. The number of carbonyl (C=O) groups is 1. The average Bonchev–Trinajstić information content (AvgIpc) is 2.89. The van der Waals surface area contributed by atoms with E-state index in [4.69, 9.17) is 0 Å². The Kier molecular flexibility index (Phi) is 4.09. The summed E-state index contributed by atoms with van der Waals surface area (Å²) in [5, 5.41) is 2.94. The van der Waals surface area contributed by atoms with E-state index in [9.17, 15) is 4.79 Å². The van der Waals surface area contributed by atoms with E-state index in [1.807, 2.05) is 6.20 Å². The molecule has 1 amide bonds. The Morgan fingerprint density at radius 2 is 1.92 bits per heavy atom. The van der Waals surface area contributed by atoms with Gasteiger partial charge in [0, 0.05) is 13.1 Å². The quantitative estimate of drug-likeness (QED) is 0.682. The fourth-order valence-electron chi connectivity index (χ4n) is 7.49. The van der Waals surface area contributed by atoms with Gasteiger partial charge in [-0.1, -0.05) is 32.3 Å². The molecule has 0 aliphatic heterocycles. The van der Waals surface area contributed by atoms with Crippen LogP contribution in [0, 0.1) is 34.5 Å². The van der Waals surface area contributed by atoms with Crippen molar-refractivity contribution in [3.63, 3.8) is 0 Å². The monoisotopic (exact) mass is 329 g/mol. The van der Waals surface area contributed by atoms with E-state index in [-0.39, 0.29) is 5.91 Å². The smallest absolute Gasteiger partial charge is 0.220 e. The molecule has 2 heteroatoms. The molecular weight excluding hydrogens is 294 g/mol. The highest BCUT2D eigenvalue weighted by Crippen LogP contribution is 2.66. The predicted molar refractivity (Wildman–Crippen MR) is 98.2 cm³/mol. The summed E-state index contributed by atoms with van der Waals surface area (Å²) in [6.07, 6.45) is 16.2. The van der Waals surface area contributed by atoms with Crippen molar-refractivity contribution in [2.45, 2.75) is 85.0 Å². The summed E-state index contributed by atoms with van der Waals surface area (Å²) < 4.78 is 0. The molecule has 4 aliphatic carbocycles. The number of allylic oxidation sites excluding steroid dienone is 1. The third-order valence-electron chi connectivity index (χ3n) is 8.69. The van der Waals surface area contributed by atoms with Gasteiger partial charge in [0.2, 0.25) is 5.91 Å². The van der Waals surface area contributed by atoms with E-state index in [0.717, 1.165) is 23.7 Å². The zero-order valence-corrected chi connectivity index (χ0v) is 15.9. The Balaban J connectivity index is 1.57. The molecule has 0 aromatic heterocycles. The van der Waals surface area contributed by atoms with Crippen molar-refractivity contribution in [2.75, 3.05) is 0 Å². The molecule has 6 atom stereocenters. The SMILES string of the molecule is CC(=O)N/C=C1/C[C@H]2[C@@H]3CC[C@H]4CCCC[C@]4(C)[C@H]3CC[C@]2(C)C1. The lowest BCUT2D eigenvalue weighted by Gasteiger charge is -2.59. The minimum absolute atomic E-state index is 0.0654. The number of hydrogen-bond donors (Lipinski definition) is 1. The summed E-state index contributed by atoms with van der Waals surface area (Å²) in [7, 11) is 0. The molecule has 134 valence electrons. The highest BCUT2D eigenvalue weighted by molar-refractivity contribution is 5.74. The van der Waals surface area contributed by atoms with Crippen LogP contribution in [0.1, 0.15) is 85.0 Å². The van der Waals surface area contributed by atoms with Gasteiger partial charge in [-0.3, -0.25) is 4.79 Å². The molecule has 24 heavy (non-hydrogen) atoms. The lowest BCUT2D eigenvalue weighted by atomic mass is 9.45. The molecule has 0 heterocycles. The molecule has 0 unspecified atom stereocenters. The zero-order valence-electron chi connectivity index (χ0n) is 15.9. The van der Waals surface area contributed by atoms with Gasteiger partial charge in [0.1, 0.15) is 0 Å². The molecular formula is C22H35NO. The third-order valence-corrected chi connectivity index (χ3v) is 8.69. The highest BCUT2D eigenvalue weighted by Gasteiger charge is 2.57. The summed E-state index contributed by atoms with van der Waals surface area (Å²) in [5.74, 6) is 3.83. The number of rotatable bonds is 1. The van der Waals surface area contributed by atoms with Crippen molar-refractivity contribution in [3.8, 4) is 0 Å². The van der Waals surface area contributed by atoms with Gasteiger partial charge in [-0.25, -0.2) is 0 Å². The summed E-state index contributed by atoms with van der Waals surface area (Å²) >= 11 is 0. The Morgan fingerprint density at radius 1 is 1.08 bits per heavy atom. The van der Waals surface area contributed by atoms with Crippen LogP contribution < -0.4 is 5.32 Å². The van der Waals surface area contributed by atoms with E-state index in [2.05, 4.69) is 19.2 Å². The van der Waals surface area contributed by atoms with Gasteiger partial charge in [-0.05, 0) is 85.9 Å². The standard InChI is InChI=1S/C22H35NO/c1-15(24)23-14-16-12-20-18-8-7-17-6-4-5-10-22(17,3)19(18)9-11-21(20,2)13-16/h14,17-20H,4-13H2,1-3H3,(H,23,24)/b16-14-/t17-,18-,19+,20+,21-,22+/m1/s1. The molecule has 0 aromatic rings. The van der Waals surface area contributed by atoms with Crippen LogP contribution in [0.5, 0.6) is 0 Å². The zero-order chi connectivity index (χ0) is 16.9. The summed E-state index contributed by atoms with van der Waals surface area (Å²) in [6.45, 7) is 6.80. The largest absolute Gasteiger partial charge is 0.333 e. The number of carbonyl (C=O) groups excluding carboxylic acids is 1. The molecule has 0 saturated heterocycles. The van der Waals surface area contributed by atoms with Crippen molar-refractivity contribution < 1.29 is 4.79 Å². The summed E-state index contributed by atoms with van der Waals surface area (Å²) in [5.41, 5.74) is 2.62. The van der Waals surface area contributed by atoms with Crippen molar-refractivity contribution in [2.24, 2.45) is 34.5 Å². The predicted octanol–water partition coefficient (Wildman–Crippen LogP) is 5.44. The van der Waals surface area contributed by atoms with Crippen molar-refractivity contribution in [1.29, 1.82) is 0 Å². The first-order chi connectivity index (χ1) is 11.4. The molecule has 4 rings (SSSR count). The second kappa shape index (κ2) is 5.88. The lowest BCUT2D eigenvalue weighted by Crippen LogP contribution is -2.51. The number of nitrogens with one attached hydrogen (secondary N) is 1. The lowest BCUT2D eigenvalue weighted by molar-refractivity contribution is -0.118. The molecule has 4 fully saturated rings. The van der Waals surface area contributed by atoms with Crippen LogP contribution in [-0.2, 0) is 4.79 Å². The first kappa shape index (κ1) is 16.7. The Labute approximate surface area is 147 Å². The average molecular weight is 330 g/mol. The molecule has 0 aromatic carbocycles. The second-order valence-electron chi connectivity index (χ2n) is 9.98. The van der Waals surface area contributed by atoms with Crippen LogP contribution in [-0.4, -0.2) is 5.91 Å². The van der Waals surface area contributed by atoms with Gasteiger partial charge in [-0.2, -0.15) is 0 Å². The minimum atomic E-state index is 0.0654. The molecule has 0 spiro atoms. The van der Waals surface area contributed by atoms with Crippen LogP contribution in [0.2, 0.25) is 0 Å². The fraction of sp³-hybridized carbons (Fsp3) is 0.864. The number of fused-ring (bicyclic) bond motifs is 5. The van der Waals surface area contributed by atoms with Crippen molar-refractivity contribution in [1.82, 2.24) is 5.32 Å². The maximum atomic E-state index is 11.3. The molecule has 4 saturated carbocycles. The van der Waals surface area contributed by atoms with Gasteiger partial charge in [0.25, 0.3) is 0 Å². The van der Waals surface area contributed by atoms with Gasteiger partial charge in [-0.15, -0.1) is 0 Å². The first-order valence-corrected chi connectivity index (χ1v) is 10.4. The van der Waals surface area contributed by atoms with Crippen molar-refractivity contribution in [3.05, 3.63) is 11.8 Å². The van der Waals surface area contributed by atoms with E-state index < -0.39 is 0 Å². The molecule has 1 N–H and O–H groups in total. The Morgan fingerprint density at radius 3 is 2.71 bits per heavy atom. The molecule has 4 aliphatic rings. The Bertz CT molecular complexity index is 552. The van der Waals surface area contributed by atoms with Crippen LogP contribution >= 0.6 is 0 Å². The normalized spacial score (nSPS) is 49.2. The maximum Gasteiger partial charge on any atom is 0.220 e. The molecule has 2 nitrogen and oxygen atoms in total. The van der Waals surface area contributed by atoms with Gasteiger partial charge in [0.15, 0.2) is 0 Å². The van der Waals surface area contributed by atoms with E-state index in [1.165, 1.54) is 69.8 Å². The topological polar surface area (TPSA) is 29.1 Å². The van der Waals surface area contributed by atoms with Crippen LogP contribution in [0.25, 0.3) is 0 Å².